The van der Waals surface area contributed by atoms with Crippen molar-refractivity contribution < 1.29 is 45.9 Å². The van der Waals surface area contributed by atoms with E-state index in [4.69, 9.17) is 0 Å². The smallest absolute Gasteiger partial charge is 0.166 e. The Hall–Kier alpha value is -0.186. The zero-order chi connectivity index (χ0) is 15.1. The third kappa shape index (κ3) is 6.07. The van der Waals surface area contributed by atoms with Crippen LogP contribution in [0.5, 0.6) is 0 Å². The molecule has 0 saturated carbocycles. The number of benzene rings is 1. The Kier molecular flexibility index (Phi) is 11.6. The van der Waals surface area contributed by atoms with Crippen LogP contribution in [0.1, 0.15) is 45.7 Å². The molecule has 0 N–H and O–H groups in total. The molecule has 0 aliphatic heterocycles. The molecule has 1 aromatic rings. The van der Waals surface area contributed by atoms with Gasteiger partial charge in [-0.15, -0.1) is 12.1 Å². The normalized spacial score (nSPS) is 9.85. The maximum Gasteiger partial charge on any atom is 0.166 e. The van der Waals surface area contributed by atoms with E-state index in [1.807, 2.05) is 34.0 Å². The first-order chi connectivity index (χ1) is 8.92. The SMILES string of the molecule is CC.CCS(=O)(=O)c1ccc(C[C-]=O)c([C-](C)C)c1.[Y]. The van der Waals surface area contributed by atoms with Crippen LogP contribution >= 0.6 is 0 Å². The molecular weight excluding hydrogens is 349 g/mol. The van der Waals surface area contributed by atoms with E-state index in [0.29, 0.717) is 4.90 Å². The van der Waals surface area contributed by atoms with Gasteiger partial charge in [-0.25, -0.2) is 8.42 Å². The predicted molar refractivity (Wildman–Crippen MR) is 78.6 cm³/mol. The first kappa shape index (κ1) is 22.1. The molecule has 0 fully saturated rings. The summed E-state index contributed by atoms with van der Waals surface area (Å²) in [4.78, 5) is 10.7. The minimum absolute atomic E-state index is 0. The molecule has 0 spiro atoms. The number of hydrogen-bond acceptors (Lipinski definition) is 3. The fraction of sp³-hybridized carbons (Fsp3) is 0.467. The van der Waals surface area contributed by atoms with Crippen LogP contribution < -0.4 is 0 Å². The number of hydrogen-bond donors (Lipinski definition) is 0. The molecule has 0 heterocycles. The van der Waals surface area contributed by atoms with Crippen LogP contribution in [0.2, 0.25) is 0 Å². The van der Waals surface area contributed by atoms with E-state index in [1.54, 1.807) is 25.1 Å². The summed E-state index contributed by atoms with van der Waals surface area (Å²) in [6.45, 7) is 9.41. The van der Waals surface area contributed by atoms with Crippen LogP contribution in [0, 0.1) is 5.92 Å². The molecule has 1 radical (unpaired) electrons. The molecule has 111 valence electrons. The van der Waals surface area contributed by atoms with E-state index in [9.17, 15) is 13.2 Å². The molecule has 0 aliphatic rings. The Balaban J connectivity index is 0. The molecular formula is C15H22O3SY-2. The average molecular weight is 371 g/mol. The Bertz CT molecular complexity index is 508. The van der Waals surface area contributed by atoms with Gasteiger partial charge < -0.3 is 4.79 Å². The molecule has 0 amide bonds. The second-order valence-electron chi connectivity index (χ2n) is 4.04. The fourth-order valence-electron chi connectivity index (χ4n) is 1.61. The Labute approximate surface area is 148 Å². The minimum Gasteiger partial charge on any atom is -0.542 e. The van der Waals surface area contributed by atoms with Crippen molar-refractivity contribution in [1.29, 1.82) is 0 Å². The summed E-state index contributed by atoms with van der Waals surface area (Å²) in [6, 6.07) is 4.88. The van der Waals surface area contributed by atoms with Gasteiger partial charge in [-0.1, -0.05) is 40.7 Å². The van der Waals surface area contributed by atoms with Crippen molar-refractivity contribution >= 4 is 16.1 Å². The quantitative estimate of drug-likeness (QED) is 0.748. The van der Waals surface area contributed by atoms with Gasteiger partial charge in [-0.3, -0.25) is 6.29 Å². The Morgan fingerprint density at radius 1 is 1.20 bits per heavy atom. The molecule has 0 aliphatic carbocycles. The van der Waals surface area contributed by atoms with Crippen LogP contribution in [0.4, 0.5) is 0 Å². The zero-order valence-corrected chi connectivity index (χ0v) is 16.5. The van der Waals surface area contributed by atoms with E-state index in [1.165, 1.54) is 0 Å². The zero-order valence-electron chi connectivity index (χ0n) is 12.9. The maximum absolute atomic E-state index is 11.8. The van der Waals surface area contributed by atoms with Gasteiger partial charge in [0.25, 0.3) is 0 Å². The van der Waals surface area contributed by atoms with Crippen molar-refractivity contribution in [2.75, 3.05) is 5.75 Å². The van der Waals surface area contributed by atoms with Crippen molar-refractivity contribution in [3.63, 3.8) is 0 Å². The summed E-state index contributed by atoms with van der Waals surface area (Å²) in [7, 11) is -3.20. The topological polar surface area (TPSA) is 51.2 Å². The first-order valence-electron chi connectivity index (χ1n) is 6.43. The van der Waals surface area contributed by atoms with Crippen LogP contribution in [-0.2, 0) is 53.8 Å². The van der Waals surface area contributed by atoms with Crippen molar-refractivity contribution in [2.45, 2.75) is 45.9 Å². The standard InChI is InChI=1S/C13H16O3S.C2H6.Y/c1-4-17(15,16)12-6-5-11(7-8-14)13(9-12)10(2)3;1-2;/h5-6,9H,4,7H2,1-3H3;1-2H3;/q-2;;. The van der Waals surface area contributed by atoms with Gasteiger partial charge >= 0.3 is 0 Å². The van der Waals surface area contributed by atoms with E-state index >= 15 is 0 Å². The monoisotopic (exact) mass is 371 g/mol. The van der Waals surface area contributed by atoms with Crippen molar-refractivity contribution in [3.8, 4) is 0 Å². The summed E-state index contributed by atoms with van der Waals surface area (Å²) >= 11 is 0. The van der Waals surface area contributed by atoms with E-state index in [2.05, 4.69) is 0 Å². The fourth-order valence-corrected chi connectivity index (χ4v) is 2.52. The first-order valence-corrected chi connectivity index (χ1v) is 8.08. The minimum atomic E-state index is -3.20. The largest absolute Gasteiger partial charge is 0.542 e. The van der Waals surface area contributed by atoms with Gasteiger partial charge in [-0.05, 0) is 0 Å². The summed E-state index contributed by atoms with van der Waals surface area (Å²) in [6.07, 6.45) is 2.03. The molecule has 0 saturated heterocycles. The van der Waals surface area contributed by atoms with E-state index in [0.717, 1.165) is 17.0 Å². The molecule has 0 aromatic heterocycles. The second-order valence-corrected chi connectivity index (χ2v) is 6.32. The molecule has 0 bridgehead atoms. The van der Waals surface area contributed by atoms with Gasteiger partial charge in [0.1, 0.15) is 0 Å². The summed E-state index contributed by atoms with van der Waals surface area (Å²) in [5, 5.41) is 0. The summed E-state index contributed by atoms with van der Waals surface area (Å²) in [5.74, 6) is 1.07. The Morgan fingerprint density at radius 3 is 2.15 bits per heavy atom. The van der Waals surface area contributed by atoms with Crippen LogP contribution in [0.3, 0.4) is 0 Å². The molecule has 0 atom stereocenters. The van der Waals surface area contributed by atoms with Gasteiger partial charge in [0.05, 0.1) is 5.75 Å². The molecule has 20 heavy (non-hydrogen) atoms. The van der Waals surface area contributed by atoms with Gasteiger partial charge in [0, 0.05) is 37.6 Å². The van der Waals surface area contributed by atoms with Gasteiger partial charge in [-0.2, -0.15) is 23.5 Å². The van der Waals surface area contributed by atoms with Crippen LogP contribution in [0.25, 0.3) is 0 Å². The van der Waals surface area contributed by atoms with Crippen molar-refractivity contribution in [1.82, 2.24) is 0 Å². The van der Waals surface area contributed by atoms with Crippen molar-refractivity contribution in [2.24, 2.45) is 0 Å². The third-order valence-corrected chi connectivity index (χ3v) is 4.35. The average Bonchev–Trinajstić information content (AvgIpc) is 2.41. The van der Waals surface area contributed by atoms with Gasteiger partial charge in [0.2, 0.25) is 0 Å². The molecule has 1 rings (SSSR count). The van der Waals surface area contributed by atoms with E-state index < -0.39 is 9.84 Å². The molecule has 1 aromatic carbocycles. The Morgan fingerprint density at radius 2 is 1.75 bits per heavy atom. The van der Waals surface area contributed by atoms with Crippen LogP contribution in [0.15, 0.2) is 23.1 Å². The van der Waals surface area contributed by atoms with Gasteiger partial charge in [0.15, 0.2) is 9.84 Å². The molecule has 0 unspecified atom stereocenters. The second kappa shape index (κ2) is 10.5. The predicted octanol–water partition coefficient (Wildman–Crippen LogP) is 3.12. The van der Waals surface area contributed by atoms with E-state index in [-0.39, 0.29) is 44.9 Å². The maximum atomic E-state index is 11.8. The summed E-state index contributed by atoms with van der Waals surface area (Å²) in [5.41, 5.74) is 1.64. The number of carbonyl (C=O) groups excluding carboxylic acids is 1. The third-order valence-electron chi connectivity index (χ3n) is 2.62. The van der Waals surface area contributed by atoms with Crippen molar-refractivity contribution in [3.05, 3.63) is 35.2 Å². The molecule has 5 heteroatoms. The van der Waals surface area contributed by atoms with Crippen LogP contribution in [-0.4, -0.2) is 20.5 Å². The summed E-state index contributed by atoms with van der Waals surface area (Å²) < 4.78 is 23.5. The number of sulfone groups is 1. The number of rotatable bonds is 5. The molecule has 3 nitrogen and oxygen atoms in total.